The van der Waals surface area contributed by atoms with Crippen LogP contribution in [0.3, 0.4) is 0 Å². The first-order valence-corrected chi connectivity index (χ1v) is 18.1. The second-order valence-electron chi connectivity index (χ2n) is 13.8. The molecule has 0 spiro atoms. The van der Waals surface area contributed by atoms with Crippen LogP contribution >= 0.6 is 0 Å². The number of aromatic nitrogens is 2. The Morgan fingerprint density at radius 1 is 0.648 bits per heavy atom. The van der Waals surface area contributed by atoms with Gasteiger partial charge < -0.3 is 49.0 Å². The summed E-state index contributed by atoms with van der Waals surface area (Å²) in [6, 6.07) is 15.8. The zero-order valence-electron chi connectivity index (χ0n) is 30.6. The minimum atomic E-state index is -0.0260. The van der Waals surface area contributed by atoms with E-state index in [1.54, 1.807) is 33.8 Å². The lowest BCUT2D eigenvalue weighted by Crippen LogP contribution is -2.19. The van der Waals surface area contributed by atoms with Gasteiger partial charge in [-0.3, -0.25) is 0 Å². The van der Waals surface area contributed by atoms with Gasteiger partial charge in [0.05, 0.1) is 58.8 Å². The van der Waals surface area contributed by atoms with Crippen molar-refractivity contribution in [2.45, 2.75) is 32.4 Å². The van der Waals surface area contributed by atoms with Crippen molar-refractivity contribution >= 4 is 29.3 Å². The second kappa shape index (κ2) is 14.6. The number of hydroxylamine groups is 2. The zero-order chi connectivity index (χ0) is 37.3. The third-order valence-electron chi connectivity index (χ3n) is 10.5. The van der Waals surface area contributed by atoms with E-state index in [4.69, 9.17) is 29.4 Å². The molecule has 4 aromatic rings. The summed E-state index contributed by atoms with van der Waals surface area (Å²) in [7, 11) is 4.82. The van der Waals surface area contributed by atoms with Crippen LogP contribution in [0.25, 0.3) is 11.1 Å². The van der Waals surface area contributed by atoms with E-state index in [-0.39, 0.29) is 11.8 Å². The minimum absolute atomic E-state index is 0.0258. The van der Waals surface area contributed by atoms with Crippen molar-refractivity contribution < 1.29 is 33.2 Å². The van der Waals surface area contributed by atoms with Gasteiger partial charge in [-0.1, -0.05) is 36.4 Å². The number of nitrogen functional groups attached to an aromatic ring is 1. The van der Waals surface area contributed by atoms with Gasteiger partial charge >= 0.3 is 0 Å². The minimum Gasteiger partial charge on any atom is -0.618 e. The van der Waals surface area contributed by atoms with E-state index in [2.05, 4.69) is 0 Å². The first-order valence-electron chi connectivity index (χ1n) is 18.1. The van der Waals surface area contributed by atoms with Crippen LogP contribution < -0.4 is 29.4 Å². The fourth-order valence-corrected chi connectivity index (χ4v) is 7.78. The van der Waals surface area contributed by atoms with Crippen molar-refractivity contribution in [2.75, 3.05) is 40.3 Å². The predicted molar refractivity (Wildman–Crippen MR) is 207 cm³/mol. The summed E-state index contributed by atoms with van der Waals surface area (Å²) in [6.07, 6.45) is 16.8. The average Bonchev–Trinajstić information content (AvgIpc) is 3.59. The molecule has 54 heavy (non-hydrogen) atoms. The Labute approximate surface area is 313 Å². The molecular weight excluding hydrogens is 686 g/mol. The van der Waals surface area contributed by atoms with Crippen LogP contribution in [0, 0.1) is 22.3 Å². The van der Waals surface area contributed by atoms with E-state index < -0.39 is 0 Å². The number of hydrogen-bond donors (Lipinski definition) is 1. The predicted octanol–water partition coefficient (Wildman–Crippen LogP) is 6.61. The topological polar surface area (TPSA) is 134 Å². The lowest BCUT2D eigenvalue weighted by molar-refractivity contribution is -0.404. The molecule has 8 rings (SSSR count). The summed E-state index contributed by atoms with van der Waals surface area (Å²) in [5, 5.41) is 26.7. The Kier molecular flexibility index (Phi) is 9.41. The van der Waals surface area contributed by atoms with Crippen LogP contribution in [0.4, 0.5) is 5.69 Å². The molecule has 0 radical (unpaired) electrons. The van der Waals surface area contributed by atoms with E-state index >= 15 is 0 Å². The Balaban J connectivity index is 0.911. The van der Waals surface area contributed by atoms with Crippen LogP contribution in [0.2, 0.25) is 0 Å². The summed E-state index contributed by atoms with van der Waals surface area (Å²) in [5.41, 5.74) is 13.9. The molecule has 2 aliphatic heterocycles. The second-order valence-corrected chi connectivity index (χ2v) is 13.8. The summed E-state index contributed by atoms with van der Waals surface area (Å²) in [5.74, 6) is 2.90. The third kappa shape index (κ3) is 6.59. The summed E-state index contributed by atoms with van der Waals surface area (Å²) in [4.78, 5) is 0. The molecule has 12 nitrogen and oxygen atoms in total. The number of nitrogens with zero attached hydrogens (tertiary/aromatic N) is 4. The standard InChI is InChI=1S/C42H43N5O7/c1-50-34-13-7-28(8-14-34)30-10-16-36-32(20-30)22-45-26-40(42(52-3)38(45)24-47(36)49)54-18-4-17-53-39-25-44-21-31-19-29(27-5-11-33(43)12-6-27)9-15-35(31)46(48)23-37(44)41(39)51-2/h5-16,23-26,31-32H,4,17-22,43H2,1-3H3. The molecule has 278 valence electrons. The molecule has 12 heteroatoms. The number of anilines is 1. The maximum atomic E-state index is 13.3. The van der Waals surface area contributed by atoms with E-state index in [1.807, 2.05) is 94.4 Å². The van der Waals surface area contributed by atoms with Crippen LogP contribution in [-0.2, 0) is 13.1 Å². The molecule has 2 unspecified atom stereocenters. The number of benzene rings is 2. The Morgan fingerprint density at radius 3 is 1.56 bits per heavy atom. The number of allylic oxidation sites excluding steroid dienone is 8. The van der Waals surface area contributed by atoms with Gasteiger partial charge in [0.1, 0.15) is 5.75 Å². The van der Waals surface area contributed by atoms with Crippen molar-refractivity contribution in [3.05, 3.63) is 130 Å². The van der Waals surface area contributed by atoms with E-state index in [1.165, 1.54) is 0 Å². The fraction of sp³-hybridized carbons (Fsp3) is 0.286. The molecule has 4 aliphatic rings. The highest BCUT2D eigenvalue weighted by Crippen LogP contribution is 2.41. The molecule has 2 aromatic carbocycles. The number of ether oxygens (including phenoxy) is 5. The van der Waals surface area contributed by atoms with Crippen molar-refractivity contribution in [3.8, 4) is 28.7 Å². The highest BCUT2D eigenvalue weighted by atomic mass is 16.5. The third-order valence-corrected chi connectivity index (χ3v) is 10.5. The van der Waals surface area contributed by atoms with E-state index in [9.17, 15) is 10.4 Å². The molecule has 2 atom stereocenters. The van der Waals surface area contributed by atoms with Crippen molar-refractivity contribution in [3.63, 3.8) is 0 Å². The molecule has 0 amide bonds. The lowest BCUT2D eigenvalue weighted by Gasteiger charge is -2.22. The number of hydrogen-bond acceptors (Lipinski definition) is 8. The molecule has 0 bridgehead atoms. The Bertz CT molecular complexity index is 2250. The van der Waals surface area contributed by atoms with Gasteiger partial charge in [0.25, 0.3) is 0 Å². The molecule has 2 aliphatic carbocycles. The molecule has 2 N–H and O–H groups in total. The van der Waals surface area contributed by atoms with Gasteiger partial charge in [-0.15, -0.1) is 0 Å². The fourth-order valence-electron chi connectivity index (χ4n) is 7.78. The van der Waals surface area contributed by atoms with Crippen molar-refractivity contribution in [2.24, 2.45) is 11.8 Å². The maximum absolute atomic E-state index is 13.3. The summed E-state index contributed by atoms with van der Waals surface area (Å²) in [6.45, 7) is 1.90. The first-order chi connectivity index (χ1) is 26.3. The van der Waals surface area contributed by atoms with Crippen molar-refractivity contribution in [1.29, 1.82) is 0 Å². The molecular formula is C42H43N5O7. The smallest absolute Gasteiger partial charge is 0.208 e. The summed E-state index contributed by atoms with van der Waals surface area (Å²) >= 11 is 0. The number of nitrogens with two attached hydrogens (primary N) is 1. The van der Waals surface area contributed by atoms with Gasteiger partial charge in [-0.25, -0.2) is 0 Å². The SMILES string of the molecule is COc1ccc(C2=CC=C3C(C2)Cn2cc(OCCCOc4cn5c(c4OC)C=[N+]([O-])C4=CC=C(c6ccc(N)cc6)CC4C5)c(OC)c2C=[N+]3[O-])cc1. The Hall–Kier alpha value is -6.30. The maximum Gasteiger partial charge on any atom is 0.208 e. The molecule has 0 saturated heterocycles. The van der Waals surface area contributed by atoms with Crippen LogP contribution in [0.15, 0.2) is 96.6 Å². The monoisotopic (exact) mass is 729 g/mol. The lowest BCUT2D eigenvalue weighted by atomic mass is 9.87. The van der Waals surface area contributed by atoms with Crippen molar-refractivity contribution in [1.82, 2.24) is 9.13 Å². The van der Waals surface area contributed by atoms with Gasteiger partial charge in [-0.2, -0.15) is 9.48 Å². The van der Waals surface area contributed by atoms with Gasteiger partial charge in [0.2, 0.25) is 12.4 Å². The van der Waals surface area contributed by atoms with E-state index in [0.717, 1.165) is 43.9 Å². The molecule has 0 saturated carbocycles. The Morgan fingerprint density at radius 2 is 1.11 bits per heavy atom. The van der Waals surface area contributed by atoms with Gasteiger partial charge in [0, 0.05) is 37.3 Å². The number of methoxy groups -OCH3 is 3. The molecule has 0 fully saturated rings. The molecule has 2 aromatic heterocycles. The van der Waals surface area contributed by atoms with Crippen LogP contribution in [0.5, 0.6) is 28.7 Å². The highest BCUT2D eigenvalue weighted by Gasteiger charge is 2.34. The van der Waals surface area contributed by atoms with Gasteiger partial charge in [-0.05, 0) is 59.4 Å². The number of rotatable bonds is 11. The van der Waals surface area contributed by atoms with Gasteiger partial charge in [0.15, 0.2) is 45.8 Å². The molecule has 4 heterocycles. The van der Waals surface area contributed by atoms with E-state index in [0.29, 0.717) is 90.6 Å². The summed E-state index contributed by atoms with van der Waals surface area (Å²) < 4.78 is 35.2. The average molecular weight is 730 g/mol. The quantitative estimate of drug-likeness (QED) is 0.0790. The zero-order valence-corrected chi connectivity index (χ0v) is 30.6. The first kappa shape index (κ1) is 34.8. The number of fused-ring (bicyclic) bond motifs is 4. The van der Waals surface area contributed by atoms with Crippen LogP contribution in [-0.4, -0.2) is 65.6 Å². The highest BCUT2D eigenvalue weighted by molar-refractivity contribution is 5.82. The van der Waals surface area contributed by atoms with Crippen LogP contribution in [0.1, 0.15) is 41.8 Å². The largest absolute Gasteiger partial charge is 0.618 e. The normalized spacial score (nSPS) is 18.7.